The second-order valence-corrected chi connectivity index (χ2v) is 5.82. The van der Waals surface area contributed by atoms with Gasteiger partial charge < -0.3 is 10.1 Å². The summed E-state index contributed by atoms with van der Waals surface area (Å²) in [5.41, 5.74) is 0.448. The molecule has 0 aromatic heterocycles. The van der Waals surface area contributed by atoms with Gasteiger partial charge in [0.15, 0.2) is 0 Å². The Labute approximate surface area is 125 Å². The van der Waals surface area contributed by atoms with E-state index in [9.17, 15) is 8.78 Å². The summed E-state index contributed by atoms with van der Waals surface area (Å²) in [5.74, 6) is -0.181. The van der Waals surface area contributed by atoms with Gasteiger partial charge in [-0.2, -0.15) is 0 Å². The highest BCUT2D eigenvalue weighted by atomic mass is 19.1. The van der Waals surface area contributed by atoms with Gasteiger partial charge in [0, 0.05) is 18.2 Å². The molecule has 4 heteroatoms. The first kappa shape index (κ1) is 16.4. The van der Waals surface area contributed by atoms with Crippen LogP contribution in [0.15, 0.2) is 18.2 Å². The fraction of sp³-hybridized carbons (Fsp3) is 0.647. The van der Waals surface area contributed by atoms with Crippen LogP contribution in [0, 0.1) is 17.6 Å². The number of benzene rings is 1. The maximum absolute atomic E-state index is 14.0. The molecule has 2 rings (SSSR count). The molecule has 1 unspecified atom stereocenters. The third-order valence-electron chi connectivity index (χ3n) is 4.14. The molecule has 118 valence electrons. The van der Waals surface area contributed by atoms with Crippen LogP contribution in [0.4, 0.5) is 8.78 Å². The molecule has 1 aromatic rings. The molecule has 1 N–H and O–H groups in total. The quantitative estimate of drug-likeness (QED) is 0.776. The molecule has 0 amide bonds. The predicted octanol–water partition coefficient (Wildman–Crippen LogP) is 4.21. The second kappa shape index (κ2) is 7.85. The van der Waals surface area contributed by atoms with Crippen molar-refractivity contribution in [2.45, 2.75) is 51.7 Å². The molecule has 1 aliphatic rings. The molecule has 21 heavy (non-hydrogen) atoms. The Kier molecular flexibility index (Phi) is 6.12. The maximum Gasteiger partial charge on any atom is 0.128 e. The standard InChI is InChI=1S/C17H25F2NO/c1-3-7-20-17(10-12-8-14(9-12)21-4-2)15-11-13(18)5-6-16(15)19/h5-6,11-12,14,17,20H,3-4,7-10H2,1-2H3. The monoisotopic (exact) mass is 297 g/mol. The summed E-state index contributed by atoms with van der Waals surface area (Å²) in [5, 5.41) is 3.35. The molecule has 0 radical (unpaired) electrons. The average molecular weight is 297 g/mol. The van der Waals surface area contributed by atoms with E-state index in [2.05, 4.69) is 12.2 Å². The lowest BCUT2D eigenvalue weighted by Crippen LogP contribution is -2.35. The highest BCUT2D eigenvalue weighted by Gasteiger charge is 2.32. The van der Waals surface area contributed by atoms with Crippen molar-refractivity contribution in [3.63, 3.8) is 0 Å². The number of hydrogen-bond acceptors (Lipinski definition) is 2. The highest BCUT2D eigenvalue weighted by molar-refractivity contribution is 5.22. The van der Waals surface area contributed by atoms with Crippen LogP contribution < -0.4 is 5.32 Å². The van der Waals surface area contributed by atoms with Gasteiger partial charge in [0.05, 0.1) is 6.10 Å². The Morgan fingerprint density at radius 2 is 2.05 bits per heavy atom. The van der Waals surface area contributed by atoms with E-state index in [4.69, 9.17) is 4.74 Å². The van der Waals surface area contributed by atoms with Crippen molar-refractivity contribution in [2.75, 3.05) is 13.2 Å². The van der Waals surface area contributed by atoms with Gasteiger partial charge in [-0.05, 0) is 63.3 Å². The third-order valence-corrected chi connectivity index (χ3v) is 4.14. The molecule has 1 saturated carbocycles. The first-order chi connectivity index (χ1) is 10.1. The van der Waals surface area contributed by atoms with Gasteiger partial charge in [-0.1, -0.05) is 6.92 Å². The van der Waals surface area contributed by atoms with E-state index in [0.29, 0.717) is 17.6 Å². The van der Waals surface area contributed by atoms with Crippen LogP contribution in [0.1, 0.15) is 51.1 Å². The molecule has 0 aliphatic heterocycles. The predicted molar refractivity (Wildman–Crippen MR) is 80.1 cm³/mol. The van der Waals surface area contributed by atoms with Gasteiger partial charge in [0.25, 0.3) is 0 Å². The molecule has 1 atom stereocenters. The number of ether oxygens (including phenoxy) is 1. The van der Waals surface area contributed by atoms with E-state index in [1.165, 1.54) is 18.2 Å². The van der Waals surface area contributed by atoms with Crippen molar-refractivity contribution >= 4 is 0 Å². The fourth-order valence-electron chi connectivity index (χ4n) is 2.99. The summed E-state index contributed by atoms with van der Waals surface area (Å²) in [6.45, 7) is 5.62. The number of halogens is 2. The molecule has 1 aromatic carbocycles. The zero-order valence-electron chi connectivity index (χ0n) is 12.9. The van der Waals surface area contributed by atoms with Gasteiger partial charge in [-0.25, -0.2) is 8.78 Å². The average Bonchev–Trinajstić information content (AvgIpc) is 2.43. The highest BCUT2D eigenvalue weighted by Crippen LogP contribution is 2.37. The van der Waals surface area contributed by atoms with Crippen LogP contribution in [-0.4, -0.2) is 19.3 Å². The van der Waals surface area contributed by atoms with Crippen LogP contribution >= 0.6 is 0 Å². The van der Waals surface area contributed by atoms with Gasteiger partial charge in [-0.3, -0.25) is 0 Å². The first-order valence-corrected chi connectivity index (χ1v) is 7.93. The molecule has 0 bridgehead atoms. The van der Waals surface area contributed by atoms with Crippen LogP contribution in [-0.2, 0) is 4.74 Å². The number of rotatable bonds is 8. The molecular formula is C17H25F2NO. The van der Waals surface area contributed by atoms with Crippen LogP contribution in [0.5, 0.6) is 0 Å². The maximum atomic E-state index is 14.0. The van der Waals surface area contributed by atoms with E-state index in [1.807, 2.05) is 6.92 Å². The van der Waals surface area contributed by atoms with E-state index >= 15 is 0 Å². The zero-order chi connectivity index (χ0) is 15.2. The van der Waals surface area contributed by atoms with Gasteiger partial charge in [0.2, 0.25) is 0 Å². The normalized spacial score (nSPS) is 22.9. The summed E-state index contributed by atoms with van der Waals surface area (Å²) < 4.78 is 33.0. The Morgan fingerprint density at radius 1 is 1.29 bits per heavy atom. The largest absolute Gasteiger partial charge is 0.378 e. The minimum Gasteiger partial charge on any atom is -0.378 e. The number of nitrogens with one attached hydrogen (secondary N) is 1. The van der Waals surface area contributed by atoms with Gasteiger partial charge >= 0.3 is 0 Å². The van der Waals surface area contributed by atoms with Crippen molar-refractivity contribution in [3.05, 3.63) is 35.4 Å². The first-order valence-electron chi connectivity index (χ1n) is 7.93. The summed E-state index contributed by atoms with van der Waals surface area (Å²) in [4.78, 5) is 0. The molecule has 1 fully saturated rings. The van der Waals surface area contributed by atoms with Gasteiger partial charge in [-0.15, -0.1) is 0 Å². The summed E-state index contributed by atoms with van der Waals surface area (Å²) in [6.07, 6.45) is 4.21. The molecule has 1 aliphatic carbocycles. The minimum atomic E-state index is -0.379. The van der Waals surface area contributed by atoms with Crippen molar-refractivity contribution in [3.8, 4) is 0 Å². The van der Waals surface area contributed by atoms with Gasteiger partial charge in [0.1, 0.15) is 11.6 Å². The Hall–Kier alpha value is -1.00. The molecular weight excluding hydrogens is 272 g/mol. The van der Waals surface area contributed by atoms with Crippen molar-refractivity contribution in [1.29, 1.82) is 0 Å². The minimum absolute atomic E-state index is 0.117. The smallest absolute Gasteiger partial charge is 0.128 e. The van der Waals surface area contributed by atoms with E-state index in [-0.39, 0.29) is 17.7 Å². The Bertz CT molecular complexity index is 446. The van der Waals surface area contributed by atoms with Crippen molar-refractivity contribution in [2.24, 2.45) is 5.92 Å². The molecule has 2 nitrogen and oxygen atoms in total. The number of hydrogen-bond donors (Lipinski definition) is 1. The molecule has 0 saturated heterocycles. The van der Waals surface area contributed by atoms with E-state index in [0.717, 1.165) is 38.8 Å². The lowest BCUT2D eigenvalue weighted by molar-refractivity contribution is -0.0292. The van der Waals surface area contributed by atoms with E-state index in [1.54, 1.807) is 0 Å². The van der Waals surface area contributed by atoms with Crippen LogP contribution in [0.2, 0.25) is 0 Å². The Morgan fingerprint density at radius 3 is 2.71 bits per heavy atom. The molecule has 0 spiro atoms. The molecule has 0 heterocycles. The second-order valence-electron chi connectivity index (χ2n) is 5.82. The fourth-order valence-corrected chi connectivity index (χ4v) is 2.99. The Balaban J connectivity index is 1.99. The lowest BCUT2D eigenvalue weighted by Gasteiger charge is -2.37. The topological polar surface area (TPSA) is 21.3 Å². The summed E-state index contributed by atoms with van der Waals surface area (Å²) in [6, 6.07) is 3.59. The van der Waals surface area contributed by atoms with Crippen LogP contribution in [0.25, 0.3) is 0 Å². The third kappa shape index (κ3) is 4.48. The summed E-state index contributed by atoms with van der Waals surface area (Å²) >= 11 is 0. The zero-order valence-corrected chi connectivity index (χ0v) is 12.9. The summed E-state index contributed by atoms with van der Waals surface area (Å²) in [7, 11) is 0. The van der Waals surface area contributed by atoms with Crippen molar-refractivity contribution in [1.82, 2.24) is 5.32 Å². The van der Waals surface area contributed by atoms with Crippen LogP contribution in [0.3, 0.4) is 0 Å². The SMILES string of the molecule is CCCNC(CC1CC(OCC)C1)c1cc(F)ccc1F. The lowest BCUT2D eigenvalue weighted by atomic mass is 9.77. The van der Waals surface area contributed by atoms with Crippen molar-refractivity contribution < 1.29 is 13.5 Å². The van der Waals surface area contributed by atoms with E-state index < -0.39 is 0 Å².